The van der Waals surface area contributed by atoms with Crippen molar-refractivity contribution >= 4 is 45.7 Å². The van der Waals surface area contributed by atoms with Crippen LogP contribution in [0.4, 0.5) is 11.4 Å². The Morgan fingerprint density at radius 1 is 0.722 bits per heavy atom. The van der Waals surface area contributed by atoms with Gasteiger partial charge in [0.05, 0.1) is 16.8 Å². The molecule has 0 aliphatic carbocycles. The largest absolute Gasteiger partial charge is 0.322 e. The Labute approximate surface area is 213 Å². The summed E-state index contributed by atoms with van der Waals surface area (Å²) >= 11 is 6.05. The van der Waals surface area contributed by atoms with Crippen molar-refractivity contribution in [2.24, 2.45) is 0 Å². The number of benzene rings is 4. The molecule has 176 valence electrons. The van der Waals surface area contributed by atoms with E-state index in [0.29, 0.717) is 33.2 Å². The number of aryl methyl sites for hydroxylation is 1. The van der Waals surface area contributed by atoms with Gasteiger partial charge in [0.2, 0.25) is 0 Å². The number of carbonyl (C=O) groups is 2. The number of pyridine rings is 1. The van der Waals surface area contributed by atoms with E-state index < -0.39 is 0 Å². The lowest BCUT2D eigenvalue weighted by Crippen LogP contribution is -2.14. The first-order chi connectivity index (χ1) is 17.5. The zero-order valence-corrected chi connectivity index (χ0v) is 20.2. The molecule has 2 N–H and O–H groups in total. The predicted octanol–water partition coefficient (Wildman–Crippen LogP) is 7.37. The summed E-state index contributed by atoms with van der Waals surface area (Å²) in [6.07, 6.45) is 0. The average molecular weight is 492 g/mol. The molecule has 0 atom stereocenters. The second kappa shape index (κ2) is 10.0. The second-order valence-corrected chi connectivity index (χ2v) is 8.82. The number of fused-ring (bicyclic) bond motifs is 1. The predicted molar refractivity (Wildman–Crippen MR) is 146 cm³/mol. The first-order valence-electron chi connectivity index (χ1n) is 11.4. The molecule has 5 rings (SSSR count). The van der Waals surface area contributed by atoms with E-state index in [1.807, 2.05) is 55.5 Å². The lowest BCUT2D eigenvalue weighted by atomic mass is 10.0. The summed E-state index contributed by atoms with van der Waals surface area (Å²) in [5.41, 5.74) is 5.67. The molecule has 36 heavy (non-hydrogen) atoms. The van der Waals surface area contributed by atoms with Crippen molar-refractivity contribution in [3.8, 4) is 11.3 Å². The Morgan fingerprint density at radius 3 is 2.03 bits per heavy atom. The van der Waals surface area contributed by atoms with Gasteiger partial charge in [-0.25, -0.2) is 4.98 Å². The maximum absolute atomic E-state index is 13.4. The molecule has 5 aromatic rings. The number of hydrogen-bond donors (Lipinski definition) is 2. The average Bonchev–Trinajstić information content (AvgIpc) is 2.90. The van der Waals surface area contributed by atoms with Crippen LogP contribution in [0.2, 0.25) is 5.02 Å². The SMILES string of the molecule is Cc1cccc2c(C(=O)Nc3ccc(NC(=O)c4ccccc4)cc3)cc(-c3ccc(Cl)cc3)nc12. The third-order valence-corrected chi connectivity index (χ3v) is 6.11. The number of anilines is 2. The van der Waals surface area contributed by atoms with Gasteiger partial charge in [-0.15, -0.1) is 0 Å². The third kappa shape index (κ3) is 4.97. The van der Waals surface area contributed by atoms with Crippen LogP contribution in [0, 0.1) is 6.92 Å². The summed E-state index contributed by atoms with van der Waals surface area (Å²) in [6.45, 7) is 1.98. The second-order valence-electron chi connectivity index (χ2n) is 8.38. The van der Waals surface area contributed by atoms with E-state index >= 15 is 0 Å². The molecular weight excluding hydrogens is 470 g/mol. The topological polar surface area (TPSA) is 71.1 Å². The summed E-state index contributed by atoms with van der Waals surface area (Å²) in [6, 6.07) is 31.0. The normalized spacial score (nSPS) is 10.7. The van der Waals surface area contributed by atoms with Crippen molar-refractivity contribution in [3.05, 3.63) is 125 Å². The van der Waals surface area contributed by atoms with Crippen LogP contribution in [0.1, 0.15) is 26.3 Å². The third-order valence-electron chi connectivity index (χ3n) is 5.86. The summed E-state index contributed by atoms with van der Waals surface area (Å²) in [7, 11) is 0. The van der Waals surface area contributed by atoms with Crippen molar-refractivity contribution in [2.75, 3.05) is 10.6 Å². The number of hydrogen-bond acceptors (Lipinski definition) is 3. The number of amides is 2. The molecule has 0 bridgehead atoms. The molecule has 0 aliphatic rings. The van der Waals surface area contributed by atoms with Gasteiger partial charge in [-0.3, -0.25) is 9.59 Å². The maximum Gasteiger partial charge on any atom is 0.256 e. The lowest BCUT2D eigenvalue weighted by molar-refractivity contribution is 0.101. The van der Waals surface area contributed by atoms with Gasteiger partial charge in [-0.2, -0.15) is 0 Å². The monoisotopic (exact) mass is 491 g/mol. The van der Waals surface area contributed by atoms with Crippen molar-refractivity contribution in [2.45, 2.75) is 6.92 Å². The van der Waals surface area contributed by atoms with E-state index in [1.165, 1.54) is 0 Å². The maximum atomic E-state index is 13.4. The minimum atomic E-state index is -0.246. The highest BCUT2D eigenvalue weighted by molar-refractivity contribution is 6.30. The van der Waals surface area contributed by atoms with E-state index in [4.69, 9.17) is 16.6 Å². The van der Waals surface area contributed by atoms with E-state index in [0.717, 1.165) is 22.0 Å². The summed E-state index contributed by atoms with van der Waals surface area (Å²) in [4.78, 5) is 30.6. The molecule has 6 heteroatoms. The zero-order chi connectivity index (χ0) is 25.1. The van der Waals surface area contributed by atoms with Crippen LogP contribution in [0.5, 0.6) is 0 Å². The molecule has 0 fully saturated rings. The summed E-state index contributed by atoms with van der Waals surface area (Å²) in [5.74, 6) is -0.440. The Bertz CT molecular complexity index is 1560. The smallest absolute Gasteiger partial charge is 0.256 e. The molecule has 4 aromatic carbocycles. The lowest BCUT2D eigenvalue weighted by Gasteiger charge is -2.13. The molecule has 5 nitrogen and oxygen atoms in total. The fourth-order valence-corrected chi connectivity index (χ4v) is 4.10. The molecule has 1 heterocycles. The van der Waals surface area contributed by atoms with E-state index in [-0.39, 0.29) is 11.8 Å². The van der Waals surface area contributed by atoms with Crippen molar-refractivity contribution in [3.63, 3.8) is 0 Å². The van der Waals surface area contributed by atoms with Gasteiger partial charge < -0.3 is 10.6 Å². The van der Waals surface area contributed by atoms with Gasteiger partial charge >= 0.3 is 0 Å². The van der Waals surface area contributed by atoms with Gasteiger partial charge in [0.15, 0.2) is 0 Å². The van der Waals surface area contributed by atoms with Crippen molar-refractivity contribution in [1.82, 2.24) is 4.98 Å². The highest BCUT2D eigenvalue weighted by Gasteiger charge is 2.16. The molecule has 0 spiro atoms. The number of halogens is 1. The number of rotatable bonds is 5. The Kier molecular flexibility index (Phi) is 6.48. The molecular formula is C30H22ClN3O2. The Morgan fingerprint density at radius 2 is 1.36 bits per heavy atom. The van der Waals surface area contributed by atoms with Gasteiger partial charge in [0.25, 0.3) is 11.8 Å². The minimum Gasteiger partial charge on any atom is -0.322 e. The van der Waals surface area contributed by atoms with Crippen molar-refractivity contribution in [1.29, 1.82) is 0 Å². The number of para-hydroxylation sites is 1. The molecule has 0 saturated carbocycles. The van der Waals surface area contributed by atoms with Crippen molar-refractivity contribution < 1.29 is 9.59 Å². The summed E-state index contributed by atoms with van der Waals surface area (Å²) < 4.78 is 0. The van der Waals surface area contributed by atoms with Crippen LogP contribution < -0.4 is 10.6 Å². The first kappa shape index (κ1) is 23.3. The molecule has 0 saturated heterocycles. The van der Waals surface area contributed by atoms with E-state index in [1.54, 1.807) is 54.6 Å². The fraction of sp³-hybridized carbons (Fsp3) is 0.0333. The molecule has 0 radical (unpaired) electrons. The van der Waals surface area contributed by atoms with Gasteiger partial charge in [-0.1, -0.05) is 60.1 Å². The fourth-order valence-electron chi connectivity index (χ4n) is 3.98. The number of nitrogens with zero attached hydrogens (tertiary/aromatic N) is 1. The number of nitrogens with one attached hydrogen (secondary N) is 2. The van der Waals surface area contributed by atoms with Gasteiger partial charge in [0.1, 0.15) is 0 Å². The van der Waals surface area contributed by atoms with Crippen LogP contribution in [0.25, 0.3) is 22.2 Å². The van der Waals surface area contributed by atoms with Gasteiger partial charge in [-0.05, 0) is 67.1 Å². The Hall–Kier alpha value is -4.48. The number of aromatic nitrogens is 1. The standard InChI is InChI=1S/C30H22ClN3O2/c1-19-6-5-9-25-26(18-27(34-28(19)25)20-10-12-22(31)13-11-20)30(36)33-24-16-14-23(15-17-24)32-29(35)21-7-3-2-4-8-21/h2-18H,1H3,(H,32,35)(H,33,36). The van der Waals surface area contributed by atoms with Crippen LogP contribution in [-0.2, 0) is 0 Å². The highest BCUT2D eigenvalue weighted by atomic mass is 35.5. The Balaban J connectivity index is 1.41. The van der Waals surface area contributed by atoms with Crippen LogP contribution in [0.3, 0.4) is 0 Å². The van der Waals surface area contributed by atoms with E-state index in [9.17, 15) is 9.59 Å². The van der Waals surface area contributed by atoms with E-state index in [2.05, 4.69) is 10.6 Å². The zero-order valence-electron chi connectivity index (χ0n) is 19.5. The first-order valence-corrected chi connectivity index (χ1v) is 11.8. The molecule has 1 aromatic heterocycles. The molecule has 2 amide bonds. The quantitative estimate of drug-likeness (QED) is 0.269. The number of carbonyl (C=O) groups excluding carboxylic acids is 2. The molecule has 0 unspecified atom stereocenters. The highest BCUT2D eigenvalue weighted by Crippen LogP contribution is 2.28. The van der Waals surface area contributed by atoms with Gasteiger partial charge in [0, 0.05) is 32.9 Å². The minimum absolute atomic E-state index is 0.194. The van der Waals surface area contributed by atoms with Crippen LogP contribution in [0.15, 0.2) is 103 Å². The van der Waals surface area contributed by atoms with Crippen LogP contribution in [-0.4, -0.2) is 16.8 Å². The summed E-state index contributed by atoms with van der Waals surface area (Å²) in [5, 5.41) is 7.24. The molecule has 0 aliphatic heterocycles. The van der Waals surface area contributed by atoms with Crippen LogP contribution >= 0.6 is 11.6 Å².